The minimum Gasteiger partial charge on any atom is -0.357 e. The number of benzene rings is 1. The summed E-state index contributed by atoms with van der Waals surface area (Å²) in [6.45, 7) is 2.88. The van der Waals surface area contributed by atoms with Crippen LogP contribution in [-0.2, 0) is 17.8 Å². The molecule has 1 aromatic carbocycles. The highest BCUT2D eigenvalue weighted by Gasteiger charge is 2.56. The monoisotopic (exact) mass is 431 g/mol. The van der Waals surface area contributed by atoms with E-state index in [9.17, 15) is 9.59 Å². The topological polar surface area (TPSA) is 72.5 Å². The van der Waals surface area contributed by atoms with Crippen LogP contribution < -0.4 is 0 Å². The summed E-state index contributed by atoms with van der Waals surface area (Å²) in [5.41, 5.74) is 2.81. The molecule has 2 aliphatic heterocycles. The first-order valence-electron chi connectivity index (χ1n) is 11.3. The van der Waals surface area contributed by atoms with Crippen molar-refractivity contribution in [2.45, 2.75) is 37.8 Å². The third-order valence-electron chi connectivity index (χ3n) is 7.06. The standard InChI is InChI=1S/C25H29N5O2/c1-28-24(32)30(14-4-5-19-8-12-26-13-9-19)23(31)25(28)10-15-29(16-11-25)18-21-17-20-6-2-3-7-22(20)27-21/h2-3,6-9,12-13,17,27H,4-5,10-11,14-16,18H2,1H3. The number of fused-ring (bicyclic) bond motifs is 1. The van der Waals surface area contributed by atoms with Crippen molar-refractivity contribution in [2.75, 3.05) is 26.7 Å². The molecule has 4 heterocycles. The molecule has 1 N–H and O–H groups in total. The number of aromatic amines is 1. The maximum absolute atomic E-state index is 13.4. The molecule has 0 unspecified atom stereocenters. The fraction of sp³-hybridized carbons (Fsp3) is 0.400. The number of nitrogens with zero attached hydrogens (tertiary/aromatic N) is 4. The molecule has 3 aromatic rings. The van der Waals surface area contributed by atoms with Gasteiger partial charge in [-0.1, -0.05) is 18.2 Å². The molecule has 0 aliphatic carbocycles. The number of imide groups is 1. The van der Waals surface area contributed by atoms with E-state index in [1.54, 1.807) is 24.3 Å². The van der Waals surface area contributed by atoms with Gasteiger partial charge < -0.3 is 9.88 Å². The number of piperidine rings is 1. The quantitative estimate of drug-likeness (QED) is 0.607. The number of hydrogen-bond acceptors (Lipinski definition) is 4. The lowest BCUT2D eigenvalue weighted by atomic mass is 9.86. The van der Waals surface area contributed by atoms with Gasteiger partial charge >= 0.3 is 6.03 Å². The zero-order valence-corrected chi connectivity index (χ0v) is 18.5. The van der Waals surface area contributed by atoms with Gasteiger partial charge in [0, 0.05) is 56.8 Å². The normalized spacial score (nSPS) is 18.9. The van der Waals surface area contributed by atoms with Gasteiger partial charge in [0.2, 0.25) is 0 Å². The van der Waals surface area contributed by atoms with E-state index >= 15 is 0 Å². The molecule has 2 aromatic heterocycles. The highest BCUT2D eigenvalue weighted by molar-refractivity contribution is 6.07. The van der Waals surface area contributed by atoms with Crippen LogP contribution in [0.15, 0.2) is 54.9 Å². The van der Waals surface area contributed by atoms with Crippen LogP contribution in [0.1, 0.15) is 30.5 Å². The summed E-state index contributed by atoms with van der Waals surface area (Å²) in [6.07, 6.45) is 6.48. The summed E-state index contributed by atoms with van der Waals surface area (Å²) >= 11 is 0. The Morgan fingerprint density at radius 2 is 1.81 bits per heavy atom. The Morgan fingerprint density at radius 3 is 2.56 bits per heavy atom. The first kappa shape index (κ1) is 20.7. The second-order valence-corrected chi connectivity index (χ2v) is 8.95. The molecule has 2 saturated heterocycles. The Labute approximate surface area is 188 Å². The van der Waals surface area contributed by atoms with Crippen LogP contribution in [0.25, 0.3) is 10.9 Å². The summed E-state index contributed by atoms with van der Waals surface area (Å²) in [7, 11) is 1.79. The minimum atomic E-state index is -0.690. The van der Waals surface area contributed by atoms with Crippen molar-refractivity contribution in [2.24, 2.45) is 0 Å². The van der Waals surface area contributed by atoms with Crippen LogP contribution in [0, 0.1) is 0 Å². The van der Waals surface area contributed by atoms with Crippen LogP contribution in [0.4, 0.5) is 4.79 Å². The molecule has 7 heteroatoms. The minimum absolute atomic E-state index is 0.0232. The Kier molecular flexibility index (Phi) is 5.43. The smallest absolute Gasteiger partial charge is 0.327 e. The van der Waals surface area contributed by atoms with Crippen molar-refractivity contribution < 1.29 is 9.59 Å². The number of aryl methyl sites for hydroxylation is 1. The van der Waals surface area contributed by atoms with Crippen LogP contribution in [0.2, 0.25) is 0 Å². The lowest BCUT2D eigenvalue weighted by Crippen LogP contribution is -2.55. The van der Waals surface area contributed by atoms with Crippen molar-refractivity contribution in [3.8, 4) is 0 Å². The van der Waals surface area contributed by atoms with E-state index in [0.29, 0.717) is 19.4 Å². The number of para-hydroxylation sites is 1. The Bertz CT molecular complexity index is 1080. The average molecular weight is 432 g/mol. The van der Waals surface area contributed by atoms with Gasteiger partial charge in [0.25, 0.3) is 5.91 Å². The highest BCUT2D eigenvalue weighted by atomic mass is 16.2. The lowest BCUT2D eigenvalue weighted by molar-refractivity contribution is -0.135. The maximum atomic E-state index is 13.4. The lowest BCUT2D eigenvalue weighted by Gasteiger charge is -2.40. The number of likely N-dealkylation sites (N-methyl/N-ethyl adjacent to an activating group) is 1. The molecule has 0 saturated carbocycles. The molecule has 2 aliphatic rings. The van der Waals surface area contributed by atoms with Crippen molar-refractivity contribution >= 4 is 22.8 Å². The van der Waals surface area contributed by atoms with Crippen molar-refractivity contribution in [3.05, 3.63) is 66.1 Å². The number of nitrogens with one attached hydrogen (secondary N) is 1. The second-order valence-electron chi connectivity index (χ2n) is 8.95. The third-order valence-corrected chi connectivity index (χ3v) is 7.06. The molecular formula is C25H29N5O2. The molecule has 1 spiro atoms. The SMILES string of the molecule is CN1C(=O)N(CCCc2ccncc2)C(=O)C12CCN(Cc1cc3ccccc3[nH]1)CC2. The van der Waals surface area contributed by atoms with Gasteiger partial charge in [0.05, 0.1) is 0 Å². The first-order valence-corrected chi connectivity index (χ1v) is 11.3. The number of carbonyl (C=O) groups is 2. The van der Waals surface area contributed by atoms with Crippen LogP contribution >= 0.6 is 0 Å². The maximum Gasteiger partial charge on any atom is 0.327 e. The first-order chi connectivity index (χ1) is 15.6. The van der Waals surface area contributed by atoms with Gasteiger partial charge in [-0.3, -0.25) is 19.6 Å². The van der Waals surface area contributed by atoms with E-state index in [0.717, 1.165) is 38.0 Å². The summed E-state index contributed by atoms with van der Waals surface area (Å²) in [6, 6.07) is 14.3. The van der Waals surface area contributed by atoms with E-state index < -0.39 is 5.54 Å². The van der Waals surface area contributed by atoms with Gasteiger partial charge in [-0.05, 0) is 60.9 Å². The summed E-state index contributed by atoms with van der Waals surface area (Å²) in [5, 5.41) is 1.22. The van der Waals surface area contributed by atoms with E-state index in [2.05, 4.69) is 33.1 Å². The zero-order chi connectivity index (χ0) is 22.1. The molecule has 32 heavy (non-hydrogen) atoms. The molecule has 0 atom stereocenters. The van der Waals surface area contributed by atoms with Gasteiger partial charge in [-0.25, -0.2) is 4.79 Å². The average Bonchev–Trinajstić information content (AvgIpc) is 3.30. The van der Waals surface area contributed by atoms with Crippen molar-refractivity contribution in [3.63, 3.8) is 0 Å². The van der Waals surface area contributed by atoms with Crippen LogP contribution in [0.3, 0.4) is 0 Å². The summed E-state index contributed by atoms with van der Waals surface area (Å²) in [5.74, 6) is -0.0232. The van der Waals surface area contributed by atoms with Gasteiger partial charge in [-0.15, -0.1) is 0 Å². The number of amides is 3. The molecule has 3 amide bonds. The second kappa shape index (κ2) is 8.39. The Balaban J connectivity index is 1.20. The highest BCUT2D eigenvalue weighted by Crippen LogP contribution is 2.36. The van der Waals surface area contributed by atoms with E-state index in [-0.39, 0.29) is 11.9 Å². The summed E-state index contributed by atoms with van der Waals surface area (Å²) in [4.78, 5) is 39.3. The van der Waals surface area contributed by atoms with Crippen molar-refractivity contribution in [1.82, 2.24) is 24.7 Å². The molecular weight excluding hydrogens is 402 g/mol. The number of urea groups is 1. The number of H-pyrrole nitrogens is 1. The fourth-order valence-electron chi connectivity index (χ4n) is 5.12. The van der Waals surface area contributed by atoms with Gasteiger partial charge in [0.15, 0.2) is 0 Å². The number of pyridine rings is 1. The predicted octanol–water partition coefficient (Wildman–Crippen LogP) is 3.42. The van der Waals surface area contributed by atoms with Gasteiger partial charge in [-0.2, -0.15) is 0 Å². The molecule has 2 fully saturated rings. The molecule has 7 nitrogen and oxygen atoms in total. The zero-order valence-electron chi connectivity index (χ0n) is 18.5. The predicted molar refractivity (Wildman–Crippen MR) is 123 cm³/mol. The number of aromatic nitrogens is 2. The number of hydrogen-bond donors (Lipinski definition) is 1. The number of rotatable bonds is 6. The summed E-state index contributed by atoms with van der Waals surface area (Å²) < 4.78 is 0. The fourth-order valence-corrected chi connectivity index (χ4v) is 5.12. The van der Waals surface area contributed by atoms with Crippen LogP contribution in [0.5, 0.6) is 0 Å². The molecule has 166 valence electrons. The molecule has 0 radical (unpaired) electrons. The van der Waals surface area contributed by atoms with Gasteiger partial charge in [0.1, 0.15) is 5.54 Å². The van der Waals surface area contributed by atoms with Crippen molar-refractivity contribution in [1.29, 1.82) is 0 Å². The Hall–Kier alpha value is -3.19. The van der Waals surface area contributed by atoms with Crippen LogP contribution in [-0.4, -0.2) is 68.8 Å². The molecule has 5 rings (SSSR count). The van der Waals surface area contributed by atoms with E-state index in [4.69, 9.17) is 0 Å². The Morgan fingerprint density at radius 1 is 1.06 bits per heavy atom. The number of likely N-dealkylation sites (tertiary alicyclic amines) is 1. The third kappa shape index (κ3) is 3.66. The van der Waals surface area contributed by atoms with E-state index in [1.807, 2.05) is 24.3 Å². The molecule has 0 bridgehead atoms. The largest absolute Gasteiger partial charge is 0.357 e. The number of carbonyl (C=O) groups excluding carboxylic acids is 2. The van der Waals surface area contributed by atoms with E-state index in [1.165, 1.54) is 21.5 Å².